The first-order valence-electron chi connectivity index (χ1n) is 9.20. The summed E-state index contributed by atoms with van der Waals surface area (Å²) in [6.45, 7) is 0. The minimum absolute atomic E-state index is 0.0599. The zero-order chi connectivity index (χ0) is 23.2. The minimum Gasteiger partial charge on any atom is -0.268 e. The fourth-order valence-electron chi connectivity index (χ4n) is 3.28. The Bertz CT molecular complexity index is 1440. The number of halogens is 2. The van der Waals surface area contributed by atoms with Crippen molar-refractivity contribution in [3.8, 4) is 11.1 Å². The molecule has 0 spiro atoms. The molecule has 0 atom stereocenters. The van der Waals surface area contributed by atoms with Crippen LogP contribution in [0, 0.1) is 0 Å². The van der Waals surface area contributed by atoms with Crippen LogP contribution < -0.4 is 4.90 Å². The van der Waals surface area contributed by atoms with Crippen molar-refractivity contribution in [3.05, 3.63) is 81.6 Å². The maximum Gasteiger partial charge on any atom is 0.285 e. The van der Waals surface area contributed by atoms with E-state index in [9.17, 15) is 18.6 Å². The molecule has 7 nitrogen and oxygen atoms in total. The third kappa shape index (κ3) is 4.17. The van der Waals surface area contributed by atoms with E-state index in [0.717, 1.165) is 4.90 Å². The number of aromatic nitrogens is 1. The van der Waals surface area contributed by atoms with Crippen LogP contribution in [0.25, 0.3) is 11.1 Å². The molecule has 0 bridgehead atoms. The average Bonchev–Trinajstić information content (AvgIpc) is 2.96. The van der Waals surface area contributed by atoms with Gasteiger partial charge in [0.15, 0.2) is 0 Å². The van der Waals surface area contributed by atoms with Crippen molar-refractivity contribution in [2.75, 3.05) is 17.4 Å². The first kappa shape index (κ1) is 22.1. The van der Waals surface area contributed by atoms with Gasteiger partial charge in [-0.05, 0) is 36.4 Å². The lowest BCUT2D eigenvalue weighted by Crippen LogP contribution is -2.29. The van der Waals surface area contributed by atoms with Gasteiger partial charge in [0.25, 0.3) is 17.7 Å². The van der Waals surface area contributed by atoms with Crippen molar-refractivity contribution in [2.45, 2.75) is 0 Å². The Morgan fingerprint density at radius 1 is 0.938 bits per heavy atom. The van der Waals surface area contributed by atoms with Gasteiger partial charge in [0.05, 0.1) is 23.0 Å². The van der Waals surface area contributed by atoms with Gasteiger partial charge in [-0.25, -0.2) is 9.11 Å². The van der Waals surface area contributed by atoms with Gasteiger partial charge in [-0.1, -0.05) is 29.3 Å². The third-order valence-electron chi connectivity index (χ3n) is 4.66. The molecule has 0 N–H and O–H groups in total. The van der Waals surface area contributed by atoms with E-state index in [0.29, 0.717) is 21.2 Å². The number of rotatable bonds is 3. The topological polar surface area (TPSA) is 96.8 Å². The smallest absolute Gasteiger partial charge is 0.268 e. The van der Waals surface area contributed by atoms with Gasteiger partial charge in [0.2, 0.25) is 0 Å². The van der Waals surface area contributed by atoms with E-state index in [1.54, 1.807) is 30.5 Å². The number of anilines is 1. The van der Waals surface area contributed by atoms with Gasteiger partial charge in [-0.15, -0.1) is 0 Å². The molecule has 1 aliphatic rings. The number of nitrogens with zero attached hydrogens (tertiary/aromatic N) is 3. The molecule has 4 rings (SSSR count). The molecule has 3 aromatic rings. The highest BCUT2D eigenvalue weighted by molar-refractivity contribution is 7.92. The predicted molar refractivity (Wildman–Crippen MR) is 124 cm³/mol. The molecule has 2 aromatic carbocycles. The summed E-state index contributed by atoms with van der Waals surface area (Å²) in [5.74, 6) is -1.87. The molecule has 0 saturated heterocycles. The van der Waals surface area contributed by atoms with Crippen molar-refractivity contribution in [1.29, 1.82) is 0 Å². The maximum absolute atomic E-state index is 13.1. The van der Waals surface area contributed by atoms with E-state index >= 15 is 0 Å². The van der Waals surface area contributed by atoms with Gasteiger partial charge in [-0.2, -0.15) is 4.36 Å². The molecule has 0 fully saturated rings. The quantitative estimate of drug-likeness (QED) is 0.497. The van der Waals surface area contributed by atoms with Crippen molar-refractivity contribution in [2.24, 2.45) is 4.36 Å². The van der Waals surface area contributed by atoms with Crippen LogP contribution in [0.4, 0.5) is 5.69 Å². The summed E-state index contributed by atoms with van der Waals surface area (Å²) < 4.78 is 15.4. The fourth-order valence-corrected chi connectivity index (χ4v) is 4.30. The number of imide groups is 1. The number of fused-ring (bicyclic) bond motifs is 1. The Balaban J connectivity index is 1.73. The molecule has 1 aromatic heterocycles. The van der Waals surface area contributed by atoms with Gasteiger partial charge >= 0.3 is 0 Å². The van der Waals surface area contributed by atoms with Crippen molar-refractivity contribution < 1.29 is 18.6 Å². The Morgan fingerprint density at radius 2 is 1.62 bits per heavy atom. The number of hydrogen-bond acceptors (Lipinski definition) is 5. The molecule has 2 heterocycles. The highest BCUT2D eigenvalue weighted by atomic mass is 35.5. The number of carbonyl (C=O) groups is 3. The molecule has 0 unspecified atom stereocenters. The van der Waals surface area contributed by atoms with Crippen molar-refractivity contribution in [1.82, 2.24) is 4.98 Å². The lowest BCUT2D eigenvalue weighted by atomic mass is 10.1. The highest BCUT2D eigenvalue weighted by Crippen LogP contribution is 2.34. The average molecular weight is 488 g/mol. The fraction of sp³-hybridized carbons (Fsp3) is 0.0909. The normalized spacial score (nSPS) is 13.3. The van der Waals surface area contributed by atoms with Gasteiger partial charge in [0.1, 0.15) is 0 Å². The second kappa shape index (κ2) is 8.12. The number of benzene rings is 2. The van der Waals surface area contributed by atoms with Crippen LogP contribution in [0.5, 0.6) is 0 Å². The van der Waals surface area contributed by atoms with Crippen LogP contribution in [0.15, 0.2) is 59.2 Å². The zero-order valence-electron chi connectivity index (χ0n) is 16.8. The lowest BCUT2D eigenvalue weighted by Gasteiger charge is -2.15. The van der Waals surface area contributed by atoms with Gasteiger partial charge < -0.3 is 0 Å². The van der Waals surface area contributed by atoms with Gasteiger partial charge in [0, 0.05) is 55.2 Å². The van der Waals surface area contributed by atoms with E-state index in [4.69, 9.17) is 23.2 Å². The van der Waals surface area contributed by atoms with Crippen LogP contribution in [0.1, 0.15) is 31.1 Å². The second-order valence-corrected chi connectivity index (χ2v) is 10.7. The first-order valence-corrected chi connectivity index (χ1v) is 12.3. The molecule has 0 aliphatic carbocycles. The van der Waals surface area contributed by atoms with Crippen LogP contribution in [-0.2, 0) is 9.73 Å². The summed E-state index contributed by atoms with van der Waals surface area (Å²) in [5.41, 5.74) is 1.76. The Kier molecular flexibility index (Phi) is 5.62. The van der Waals surface area contributed by atoms with Crippen LogP contribution >= 0.6 is 23.2 Å². The summed E-state index contributed by atoms with van der Waals surface area (Å²) >= 11 is 12.2. The maximum atomic E-state index is 13.1. The van der Waals surface area contributed by atoms with Crippen LogP contribution in [0.2, 0.25) is 10.0 Å². The number of carbonyl (C=O) groups excluding carboxylic acids is 3. The predicted octanol–water partition coefficient (Wildman–Crippen LogP) is 4.72. The molecule has 162 valence electrons. The van der Waals surface area contributed by atoms with Gasteiger partial charge in [-0.3, -0.25) is 19.4 Å². The molecule has 1 aliphatic heterocycles. The Hall–Kier alpha value is -3.07. The minimum atomic E-state index is -2.67. The molecule has 10 heteroatoms. The van der Waals surface area contributed by atoms with E-state index in [1.165, 1.54) is 36.9 Å². The molecule has 32 heavy (non-hydrogen) atoms. The summed E-state index contributed by atoms with van der Waals surface area (Å²) in [4.78, 5) is 43.4. The van der Waals surface area contributed by atoms with Crippen LogP contribution in [-0.4, -0.2) is 39.4 Å². The largest absolute Gasteiger partial charge is 0.285 e. The molecule has 0 saturated carbocycles. The number of pyridine rings is 1. The summed E-state index contributed by atoms with van der Waals surface area (Å²) in [6, 6.07) is 10.7. The summed E-state index contributed by atoms with van der Waals surface area (Å²) in [7, 11) is -2.67. The van der Waals surface area contributed by atoms with E-state index in [-0.39, 0.29) is 22.4 Å². The van der Waals surface area contributed by atoms with E-state index < -0.39 is 27.5 Å². The molecule has 0 radical (unpaired) electrons. The lowest BCUT2D eigenvalue weighted by molar-refractivity contribution is 0.0925. The Morgan fingerprint density at radius 3 is 2.31 bits per heavy atom. The van der Waals surface area contributed by atoms with Crippen molar-refractivity contribution >= 4 is 56.3 Å². The molecule has 3 amide bonds. The van der Waals surface area contributed by atoms with E-state index in [2.05, 4.69) is 9.35 Å². The number of amides is 3. The monoisotopic (exact) mass is 487 g/mol. The first-order chi connectivity index (χ1) is 15.0. The number of hydrogen-bond donors (Lipinski definition) is 0. The SMILES string of the molecule is CS(C)(=O)=NC(=O)c1ccc2c(c1)C(=O)N(c1cncc(-c3ccc(Cl)cc3Cl)c1)C2=O. The Labute approximate surface area is 194 Å². The van der Waals surface area contributed by atoms with Crippen LogP contribution in [0.3, 0.4) is 0 Å². The highest BCUT2D eigenvalue weighted by Gasteiger charge is 2.37. The summed E-state index contributed by atoms with van der Waals surface area (Å²) in [6.07, 6.45) is 5.62. The van der Waals surface area contributed by atoms with E-state index in [1.807, 2.05) is 0 Å². The molecular formula is C22H15Cl2N3O4S. The second-order valence-electron chi connectivity index (χ2n) is 7.34. The van der Waals surface area contributed by atoms with Crippen molar-refractivity contribution in [3.63, 3.8) is 0 Å². The third-order valence-corrected chi connectivity index (χ3v) is 5.81. The zero-order valence-corrected chi connectivity index (χ0v) is 19.2. The summed E-state index contributed by atoms with van der Waals surface area (Å²) in [5, 5.41) is 0.872. The molecular weight excluding hydrogens is 473 g/mol. The standard InChI is InChI=1S/C22H15Cl2N3O4S/c1-32(2,31)26-20(28)12-3-5-17-18(8-12)22(30)27(21(17)29)15-7-13(10-25-11-15)16-6-4-14(23)9-19(16)24/h3-11H,1-2H3.